The minimum atomic E-state index is -0.817. The number of carbonyl (C=O) groups excluding carboxylic acids is 2. The van der Waals surface area contributed by atoms with E-state index in [0.717, 1.165) is 0 Å². The highest BCUT2D eigenvalue weighted by Gasteiger charge is 2.33. The SMILES string of the molecule is CCN(CC)C(=O)c1cccc(NC(=O)C(C)N2CCC(C(=O)O)C2)c1. The molecule has 1 fully saturated rings. The van der Waals surface area contributed by atoms with Crippen molar-refractivity contribution >= 4 is 23.5 Å². The summed E-state index contributed by atoms with van der Waals surface area (Å²) in [5.74, 6) is -1.51. The van der Waals surface area contributed by atoms with Crippen LogP contribution in [0.15, 0.2) is 24.3 Å². The maximum Gasteiger partial charge on any atom is 0.307 e. The Morgan fingerprint density at radius 2 is 2.00 bits per heavy atom. The van der Waals surface area contributed by atoms with Gasteiger partial charge in [-0.15, -0.1) is 0 Å². The molecule has 2 N–H and O–H groups in total. The topological polar surface area (TPSA) is 90.0 Å². The van der Waals surface area contributed by atoms with Crippen LogP contribution in [-0.2, 0) is 9.59 Å². The number of hydrogen-bond acceptors (Lipinski definition) is 4. The van der Waals surface area contributed by atoms with Crippen molar-refractivity contribution in [1.29, 1.82) is 0 Å². The highest BCUT2D eigenvalue weighted by molar-refractivity contribution is 5.98. The molecule has 2 rings (SSSR count). The average Bonchev–Trinajstić information content (AvgIpc) is 3.12. The number of carbonyl (C=O) groups is 3. The van der Waals surface area contributed by atoms with Crippen molar-refractivity contribution in [1.82, 2.24) is 9.80 Å². The van der Waals surface area contributed by atoms with Gasteiger partial charge < -0.3 is 15.3 Å². The van der Waals surface area contributed by atoms with Crippen molar-refractivity contribution in [2.24, 2.45) is 5.92 Å². The van der Waals surface area contributed by atoms with E-state index in [1.54, 1.807) is 36.1 Å². The van der Waals surface area contributed by atoms with Gasteiger partial charge >= 0.3 is 5.97 Å². The van der Waals surface area contributed by atoms with E-state index in [0.29, 0.717) is 43.9 Å². The van der Waals surface area contributed by atoms with E-state index in [4.69, 9.17) is 5.11 Å². The van der Waals surface area contributed by atoms with Crippen molar-refractivity contribution < 1.29 is 19.5 Å². The van der Waals surface area contributed by atoms with Gasteiger partial charge in [-0.2, -0.15) is 0 Å². The molecule has 1 heterocycles. The summed E-state index contributed by atoms with van der Waals surface area (Å²) in [6.07, 6.45) is 0.556. The quantitative estimate of drug-likeness (QED) is 0.774. The molecule has 26 heavy (non-hydrogen) atoms. The fraction of sp³-hybridized carbons (Fsp3) is 0.526. The molecule has 0 aliphatic carbocycles. The van der Waals surface area contributed by atoms with E-state index in [-0.39, 0.29) is 11.8 Å². The largest absolute Gasteiger partial charge is 0.481 e. The van der Waals surface area contributed by atoms with E-state index in [1.807, 2.05) is 18.7 Å². The third-order valence-electron chi connectivity index (χ3n) is 4.92. The molecule has 142 valence electrons. The number of anilines is 1. The average molecular weight is 361 g/mol. The zero-order chi connectivity index (χ0) is 19.3. The van der Waals surface area contributed by atoms with E-state index in [9.17, 15) is 14.4 Å². The summed E-state index contributed by atoms with van der Waals surface area (Å²) >= 11 is 0. The third kappa shape index (κ3) is 4.60. The first-order valence-corrected chi connectivity index (χ1v) is 9.04. The summed E-state index contributed by atoms with van der Waals surface area (Å²) in [4.78, 5) is 39.6. The smallest absolute Gasteiger partial charge is 0.307 e. The molecule has 1 saturated heterocycles. The van der Waals surface area contributed by atoms with Gasteiger partial charge in [0.15, 0.2) is 0 Å². The van der Waals surface area contributed by atoms with Crippen molar-refractivity contribution in [2.75, 3.05) is 31.5 Å². The standard InChI is InChI=1S/C19H27N3O4/c1-4-21(5-2)18(24)14-7-6-8-16(11-14)20-17(23)13(3)22-10-9-15(12-22)19(25)26/h6-8,11,13,15H,4-5,9-10,12H2,1-3H3,(H,20,23)(H,25,26). The molecule has 0 radical (unpaired) electrons. The second kappa shape index (κ2) is 8.80. The van der Waals surface area contributed by atoms with E-state index in [2.05, 4.69) is 5.32 Å². The first-order chi connectivity index (χ1) is 12.4. The number of carboxylic acids is 1. The Balaban J connectivity index is 2.02. The molecule has 0 spiro atoms. The van der Waals surface area contributed by atoms with Gasteiger partial charge in [0.05, 0.1) is 12.0 Å². The Kier molecular flexibility index (Phi) is 6.74. The predicted molar refractivity (Wildman–Crippen MR) is 99.1 cm³/mol. The van der Waals surface area contributed by atoms with Crippen molar-refractivity contribution in [2.45, 2.75) is 33.2 Å². The Morgan fingerprint density at radius 1 is 1.31 bits per heavy atom. The Hall–Kier alpha value is -2.41. The zero-order valence-electron chi connectivity index (χ0n) is 15.6. The summed E-state index contributed by atoms with van der Waals surface area (Å²) in [5, 5.41) is 11.9. The molecule has 7 nitrogen and oxygen atoms in total. The molecular formula is C19H27N3O4. The van der Waals surface area contributed by atoms with E-state index < -0.39 is 17.9 Å². The van der Waals surface area contributed by atoms with Crippen LogP contribution in [0.5, 0.6) is 0 Å². The first-order valence-electron chi connectivity index (χ1n) is 9.04. The van der Waals surface area contributed by atoms with Gasteiger partial charge in [-0.25, -0.2) is 0 Å². The molecule has 0 bridgehead atoms. The number of aliphatic carboxylic acids is 1. The molecule has 2 atom stereocenters. The van der Waals surface area contributed by atoms with Crippen LogP contribution in [0, 0.1) is 5.92 Å². The lowest BCUT2D eigenvalue weighted by Gasteiger charge is -2.23. The number of hydrogen-bond donors (Lipinski definition) is 2. The molecule has 0 saturated carbocycles. The fourth-order valence-electron chi connectivity index (χ4n) is 3.18. The molecule has 2 amide bonds. The van der Waals surface area contributed by atoms with Gasteiger partial charge in [-0.1, -0.05) is 6.07 Å². The molecule has 1 aromatic rings. The second-order valence-corrected chi connectivity index (χ2v) is 6.54. The second-order valence-electron chi connectivity index (χ2n) is 6.54. The van der Waals surface area contributed by atoms with Crippen LogP contribution in [0.4, 0.5) is 5.69 Å². The number of likely N-dealkylation sites (tertiary alicyclic amines) is 1. The van der Waals surface area contributed by atoms with Gasteiger partial charge in [0.2, 0.25) is 5.91 Å². The van der Waals surface area contributed by atoms with Crippen LogP contribution in [0.2, 0.25) is 0 Å². The van der Waals surface area contributed by atoms with Crippen LogP contribution in [0.1, 0.15) is 37.6 Å². The third-order valence-corrected chi connectivity index (χ3v) is 4.92. The maximum atomic E-state index is 12.5. The van der Waals surface area contributed by atoms with Gasteiger partial charge in [0.1, 0.15) is 0 Å². The predicted octanol–water partition coefficient (Wildman–Crippen LogP) is 1.90. The summed E-state index contributed by atoms with van der Waals surface area (Å²) < 4.78 is 0. The van der Waals surface area contributed by atoms with Crippen LogP contribution in [0.3, 0.4) is 0 Å². The summed E-state index contributed by atoms with van der Waals surface area (Å²) in [6.45, 7) is 7.84. The van der Waals surface area contributed by atoms with Gasteiger partial charge in [-0.3, -0.25) is 19.3 Å². The number of nitrogens with one attached hydrogen (secondary N) is 1. The summed E-state index contributed by atoms with van der Waals surface area (Å²) in [7, 11) is 0. The number of rotatable bonds is 7. The van der Waals surface area contributed by atoms with Gasteiger partial charge in [0.25, 0.3) is 5.91 Å². The Bertz CT molecular complexity index is 673. The van der Waals surface area contributed by atoms with Crippen LogP contribution in [0.25, 0.3) is 0 Å². The summed E-state index contributed by atoms with van der Waals surface area (Å²) in [5.41, 5.74) is 1.10. The molecule has 1 aliphatic heterocycles. The number of nitrogens with zero attached hydrogens (tertiary/aromatic N) is 2. The number of benzene rings is 1. The number of carboxylic acid groups (broad SMARTS) is 1. The molecular weight excluding hydrogens is 334 g/mol. The van der Waals surface area contributed by atoms with Gasteiger partial charge in [-0.05, 0) is 51.9 Å². The molecule has 7 heteroatoms. The van der Waals surface area contributed by atoms with Crippen LogP contribution < -0.4 is 5.32 Å². The van der Waals surface area contributed by atoms with E-state index in [1.165, 1.54) is 0 Å². The van der Waals surface area contributed by atoms with Crippen LogP contribution in [-0.4, -0.2) is 64.9 Å². The number of amides is 2. The molecule has 1 aromatic carbocycles. The van der Waals surface area contributed by atoms with Crippen molar-refractivity contribution in [3.05, 3.63) is 29.8 Å². The molecule has 1 aliphatic rings. The van der Waals surface area contributed by atoms with Crippen molar-refractivity contribution in [3.8, 4) is 0 Å². The highest BCUT2D eigenvalue weighted by atomic mass is 16.4. The zero-order valence-corrected chi connectivity index (χ0v) is 15.6. The lowest BCUT2D eigenvalue weighted by molar-refractivity contribution is -0.141. The normalized spacial score (nSPS) is 18.3. The Morgan fingerprint density at radius 3 is 2.58 bits per heavy atom. The minimum absolute atomic E-state index is 0.0667. The Labute approximate surface area is 154 Å². The minimum Gasteiger partial charge on any atom is -0.481 e. The van der Waals surface area contributed by atoms with Crippen molar-refractivity contribution in [3.63, 3.8) is 0 Å². The highest BCUT2D eigenvalue weighted by Crippen LogP contribution is 2.20. The summed E-state index contributed by atoms with van der Waals surface area (Å²) in [6, 6.07) is 6.47. The lowest BCUT2D eigenvalue weighted by atomic mass is 10.1. The van der Waals surface area contributed by atoms with E-state index >= 15 is 0 Å². The molecule has 0 aromatic heterocycles. The maximum absolute atomic E-state index is 12.5. The fourth-order valence-corrected chi connectivity index (χ4v) is 3.18. The van der Waals surface area contributed by atoms with Gasteiger partial charge in [0, 0.05) is 30.9 Å². The van der Waals surface area contributed by atoms with Crippen LogP contribution >= 0.6 is 0 Å². The first kappa shape index (κ1) is 19.9. The molecule has 2 unspecified atom stereocenters. The lowest BCUT2D eigenvalue weighted by Crippen LogP contribution is -2.41. The monoisotopic (exact) mass is 361 g/mol.